The van der Waals surface area contributed by atoms with Crippen molar-refractivity contribution in [3.8, 4) is 11.1 Å². The standard InChI is InChI=1S/C29H22Cl2O3S/c1-20-18-23(10-16-27(20)30)4-2-21-6-12-25(13-7-21)26-14-8-22(9-15-26)3-5-24-11-17-28(31)29(19-24)35(32,33)34/h2-19H,1H3,(H,32,33,34)/b4-2+,5-3+. The van der Waals surface area contributed by atoms with Crippen molar-refractivity contribution in [1.29, 1.82) is 0 Å². The molecule has 0 spiro atoms. The molecule has 0 saturated carbocycles. The van der Waals surface area contributed by atoms with E-state index in [2.05, 4.69) is 42.5 Å². The lowest BCUT2D eigenvalue weighted by Gasteiger charge is -2.04. The van der Waals surface area contributed by atoms with Gasteiger partial charge in [-0.15, -0.1) is 0 Å². The molecule has 1 N–H and O–H groups in total. The molecule has 0 saturated heterocycles. The Bertz CT molecular complexity index is 1520. The highest BCUT2D eigenvalue weighted by Crippen LogP contribution is 2.25. The third-order valence-electron chi connectivity index (χ3n) is 5.51. The third-order valence-corrected chi connectivity index (χ3v) is 7.27. The zero-order valence-electron chi connectivity index (χ0n) is 18.8. The second-order valence-electron chi connectivity index (χ2n) is 8.08. The summed E-state index contributed by atoms with van der Waals surface area (Å²) in [7, 11) is -4.37. The topological polar surface area (TPSA) is 54.4 Å². The van der Waals surface area contributed by atoms with E-state index in [0.717, 1.165) is 38.4 Å². The van der Waals surface area contributed by atoms with Crippen LogP contribution in [0.4, 0.5) is 0 Å². The largest absolute Gasteiger partial charge is 0.296 e. The average molecular weight is 521 g/mol. The van der Waals surface area contributed by atoms with E-state index in [0.29, 0.717) is 5.56 Å². The average Bonchev–Trinajstić information content (AvgIpc) is 2.84. The molecule has 6 heteroatoms. The van der Waals surface area contributed by atoms with Gasteiger partial charge in [-0.05, 0) is 64.1 Å². The predicted octanol–water partition coefficient (Wildman–Crippen LogP) is 8.56. The molecule has 0 unspecified atom stereocenters. The number of halogens is 2. The number of hydrogen-bond acceptors (Lipinski definition) is 2. The highest BCUT2D eigenvalue weighted by Gasteiger charge is 2.14. The molecule has 0 aromatic heterocycles. The van der Waals surface area contributed by atoms with Crippen molar-refractivity contribution in [3.05, 3.63) is 123 Å². The van der Waals surface area contributed by atoms with Gasteiger partial charge in [-0.1, -0.05) is 114 Å². The van der Waals surface area contributed by atoms with Crippen LogP contribution in [-0.4, -0.2) is 13.0 Å². The van der Waals surface area contributed by atoms with Crippen LogP contribution in [0.3, 0.4) is 0 Å². The Hall–Kier alpha value is -3.15. The molecule has 3 nitrogen and oxygen atoms in total. The molecule has 4 rings (SSSR count). The molecule has 0 heterocycles. The maximum absolute atomic E-state index is 11.4. The summed E-state index contributed by atoms with van der Waals surface area (Å²) in [4.78, 5) is -0.307. The highest BCUT2D eigenvalue weighted by molar-refractivity contribution is 7.86. The van der Waals surface area contributed by atoms with Crippen molar-refractivity contribution >= 4 is 57.6 Å². The van der Waals surface area contributed by atoms with Crippen LogP contribution in [0.1, 0.15) is 27.8 Å². The SMILES string of the molecule is Cc1cc(/C=C/c2ccc(-c3ccc(/C=C/c4ccc(Cl)c(S(=O)(=O)O)c4)cc3)cc2)ccc1Cl. The summed E-state index contributed by atoms with van der Waals surface area (Å²) < 4.78 is 32.2. The summed E-state index contributed by atoms with van der Waals surface area (Å²) in [5, 5.41) is 0.750. The molecule has 0 atom stereocenters. The highest BCUT2D eigenvalue weighted by atomic mass is 35.5. The van der Waals surface area contributed by atoms with Crippen LogP contribution in [0, 0.1) is 6.92 Å². The molecule has 35 heavy (non-hydrogen) atoms. The van der Waals surface area contributed by atoms with Crippen LogP contribution in [0.5, 0.6) is 0 Å². The fraction of sp³-hybridized carbons (Fsp3) is 0.0345. The minimum absolute atomic E-state index is 0.0180. The van der Waals surface area contributed by atoms with Crippen molar-refractivity contribution in [1.82, 2.24) is 0 Å². The van der Waals surface area contributed by atoms with Gasteiger partial charge < -0.3 is 0 Å². The molecule has 4 aromatic rings. The second-order valence-corrected chi connectivity index (χ2v) is 10.3. The van der Waals surface area contributed by atoms with Gasteiger partial charge in [-0.25, -0.2) is 0 Å². The van der Waals surface area contributed by atoms with Gasteiger partial charge in [0.1, 0.15) is 4.90 Å². The summed E-state index contributed by atoms with van der Waals surface area (Å²) in [5.74, 6) is 0. The van der Waals surface area contributed by atoms with Crippen LogP contribution in [0.2, 0.25) is 10.0 Å². The van der Waals surface area contributed by atoms with Gasteiger partial charge in [-0.2, -0.15) is 8.42 Å². The van der Waals surface area contributed by atoms with E-state index in [1.165, 1.54) is 12.1 Å². The lowest BCUT2D eigenvalue weighted by Crippen LogP contribution is -1.99. The van der Waals surface area contributed by atoms with Crippen LogP contribution in [0.15, 0.2) is 89.8 Å². The number of rotatable bonds is 6. The Morgan fingerprint density at radius 2 is 1.00 bits per heavy atom. The Balaban J connectivity index is 1.45. The number of aryl methyl sites for hydroxylation is 1. The first-order valence-electron chi connectivity index (χ1n) is 10.8. The van der Waals surface area contributed by atoms with E-state index in [1.807, 2.05) is 49.4 Å². The van der Waals surface area contributed by atoms with Crippen molar-refractivity contribution in [2.24, 2.45) is 0 Å². The van der Waals surface area contributed by atoms with E-state index < -0.39 is 10.1 Å². The van der Waals surface area contributed by atoms with E-state index in [-0.39, 0.29) is 9.92 Å². The first kappa shape index (κ1) is 25.0. The zero-order valence-corrected chi connectivity index (χ0v) is 21.1. The Labute approximate surface area is 215 Å². The van der Waals surface area contributed by atoms with Gasteiger partial charge in [0.25, 0.3) is 10.1 Å². The van der Waals surface area contributed by atoms with Gasteiger partial charge in [0.05, 0.1) is 5.02 Å². The Kier molecular flexibility index (Phi) is 7.58. The predicted molar refractivity (Wildman–Crippen MR) is 147 cm³/mol. The van der Waals surface area contributed by atoms with Crippen molar-refractivity contribution < 1.29 is 13.0 Å². The van der Waals surface area contributed by atoms with E-state index >= 15 is 0 Å². The molecule has 0 fully saturated rings. The maximum Gasteiger partial charge on any atom is 0.296 e. The molecule has 0 radical (unpaired) electrons. The maximum atomic E-state index is 11.4. The zero-order chi connectivity index (χ0) is 25.0. The summed E-state index contributed by atoms with van der Waals surface area (Å²) in [6.07, 6.45) is 7.78. The fourth-order valence-electron chi connectivity index (χ4n) is 3.55. The van der Waals surface area contributed by atoms with E-state index in [9.17, 15) is 13.0 Å². The Morgan fingerprint density at radius 3 is 1.46 bits per heavy atom. The van der Waals surface area contributed by atoms with Crippen LogP contribution in [-0.2, 0) is 10.1 Å². The quantitative estimate of drug-likeness (QED) is 0.204. The Morgan fingerprint density at radius 1 is 0.600 bits per heavy atom. The molecular formula is C29H22Cl2O3S. The second kappa shape index (κ2) is 10.6. The van der Waals surface area contributed by atoms with Crippen molar-refractivity contribution in [2.45, 2.75) is 11.8 Å². The lowest BCUT2D eigenvalue weighted by atomic mass is 10.0. The van der Waals surface area contributed by atoms with Crippen LogP contribution in [0.25, 0.3) is 35.4 Å². The van der Waals surface area contributed by atoms with Crippen molar-refractivity contribution in [2.75, 3.05) is 0 Å². The molecule has 4 aromatic carbocycles. The summed E-state index contributed by atoms with van der Waals surface area (Å²) in [5.41, 5.74) is 7.03. The molecule has 0 aliphatic heterocycles. The molecular weight excluding hydrogens is 499 g/mol. The van der Waals surface area contributed by atoms with E-state index in [1.54, 1.807) is 12.1 Å². The van der Waals surface area contributed by atoms with Gasteiger partial charge >= 0.3 is 0 Å². The van der Waals surface area contributed by atoms with Gasteiger partial charge in [0.15, 0.2) is 0 Å². The molecule has 0 amide bonds. The number of hydrogen-bond donors (Lipinski definition) is 1. The molecule has 0 bridgehead atoms. The first-order valence-corrected chi connectivity index (χ1v) is 13.0. The normalized spacial score (nSPS) is 12.0. The molecule has 0 aliphatic carbocycles. The minimum Gasteiger partial charge on any atom is -0.282 e. The number of benzene rings is 4. The fourth-order valence-corrected chi connectivity index (χ4v) is 4.68. The summed E-state index contributed by atoms with van der Waals surface area (Å²) >= 11 is 12.0. The summed E-state index contributed by atoms with van der Waals surface area (Å²) in [6, 6.07) is 26.8. The van der Waals surface area contributed by atoms with Gasteiger partial charge in [-0.3, -0.25) is 4.55 Å². The van der Waals surface area contributed by atoms with Gasteiger partial charge in [0.2, 0.25) is 0 Å². The summed E-state index contributed by atoms with van der Waals surface area (Å²) in [6.45, 7) is 1.99. The smallest absolute Gasteiger partial charge is 0.282 e. The molecule has 176 valence electrons. The lowest BCUT2D eigenvalue weighted by molar-refractivity contribution is 0.483. The first-order chi connectivity index (χ1) is 16.7. The minimum atomic E-state index is -4.37. The monoisotopic (exact) mass is 520 g/mol. The van der Waals surface area contributed by atoms with Crippen LogP contribution >= 0.6 is 23.2 Å². The van der Waals surface area contributed by atoms with E-state index in [4.69, 9.17) is 23.2 Å². The van der Waals surface area contributed by atoms with Gasteiger partial charge in [0, 0.05) is 5.02 Å². The van der Waals surface area contributed by atoms with Crippen LogP contribution < -0.4 is 0 Å². The molecule has 0 aliphatic rings. The van der Waals surface area contributed by atoms with Crippen molar-refractivity contribution in [3.63, 3.8) is 0 Å². The third kappa shape index (κ3) is 6.50.